The number of furan rings is 1. The van der Waals surface area contributed by atoms with Gasteiger partial charge in [0.15, 0.2) is 11.6 Å². The quantitative estimate of drug-likeness (QED) is 0.548. The predicted octanol–water partition coefficient (Wildman–Crippen LogP) is 4.28. The number of likely N-dealkylation sites (tertiary alicyclic amines) is 1. The van der Waals surface area contributed by atoms with Crippen LogP contribution in [-0.4, -0.2) is 52.7 Å². The number of nitrogens with zero attached hydrogens (tertiary/aromatic N) is 4. The molecule has 2 aliphatic heterocycles. The highest BCUT2D eigenvalue weighted by Gasteiger charge is 2.39. The van der Waals surface area contributed by atoms with Crippen LogP contribution in [0.25, 0.3) is 33.9 Å². The van der Waals surface area contributed by atoms with E-state index in [1.165, 1.54) is 11.3 Å². The number of nitrogens with one attached hydrogen (secondary N) is 1. The summed E-state index contributed by atoms with van der Waals surface area (Å²) >= 11 is 0. The number of aromatic amines is 1. The molecule has 2 aliphatic rings. The molecule has 0 saturated carbocycles. The number of rotatable bonds is 2. The first-order valence-electron chi connectivity index (χ1n) is 10.4. The van der Waals surface area contributed by atoms with Crippen LogP contribution in [0.1, 0.15) is 24.1 Å². The fourth-order valence-electron chi connectivity index (χ4n) is 4.72. The van der Waals surface area contributed by atoms with Crippen LogP contribution in [0.5, 0.6) is 0 Å². The van der Waals surface area contributed by atoms with Crippen LogP contribution in [0.3, 0.4) is 0 Å². The molecule has 30 heavy (non-hydrogen) atoms. The Bertz CT molecular complexity index is 1230. The second kappa shape index (κ2) is 6.64. The average Bonchev–Trinajstić information content (AvgIpc) is 3.41. The lowest BCUT2D eigenvalue weighted by atomic mass is 9.73. The van der Waals surface area contributed by atoms with Crippen LogP contribution in [0.4, 0.5) is 0 Å². The van der Waals surface area contributed by atoms with Crippen molar-refractivity contribution < 1.29 is 4.42 Å². The molecule has 1 fully saturated rings. The first-order valence-corrected chi connectivity index (χ1v) is 10.4. The molecule has 6 heteroatoms. The zero-order chi connectivity index (χ0) is 20.1. The van der Waals surface area contributed by atoms with Crippen LogP contribution >= 0.6 is 0 Å². The van der Waals surface area contributed by atoms with Gasteiger partial charge < -0.3 is 14.3 Å². The molecule has 0 radical (unpaired) electrons. The lowest BCUT2D eigenvalue weighted by Crippen LogP contribution is -2.44. The Balaban J connectivity index is 1.39. The SMILES string of the molecule is CN1CCC2(CC1)CN=Cc1cc(-c3ccnc(-c4cc5ccccc5o4)n3)[nH]c12. The molecule has 5 heterocycles. The molecule has 0 unspecified atom stereocenters. The molecule has 0 atom stereocenters. The van der Waals surface area contributed by atoms with Crippen LogP contribution in [0.15, 0.2) is 58.1 Å². The smallest absolute Gasteiger partial charge is 0.196 e. The lowest BCUT2D eigenvalue weighted by molar-refractivity contribution is 0.188. The van der Waals surface area contributed by atoms with Crippen molar-refractivity contribution >= 4 is 17.2 Å². The molecule has 0 aliphatic carbocycles. The third-order valence-corrected chi connectivity index (χ3v) is 6.52. The van der Waals surface area contributed by atoms with Gasteiger partial charge in [-0.1, -0.05) is 18.2 Å². The maximum Gasteiger partial charge on any atom is 0.196 e. The number of hydrogen-bond donors (Lipinski definition) is 1. The molecule has 6 rings (SSSR count). The Morgan fingerprint density at radius 2 is 1.97 bits per heavy atom. The maximum atomic E-state index is 5.97. The summed E-state index contributed by atoms with van der Waals surface area (Å²) in [6.07, 6.45) is 6.05. The van der Waals surface area contributed by atoms with Gasteiger partial charge >= 0.3 is 0 Å². The van der Waals surface area contributed by atoms with Crippen LogP contribution in [0.2, 0.25) is 0 Å². The number of para-hydroxylation sites is 1. The summed E-state index contributed by atoms with van der Waals surface area (Å²) in [6.45, 7) is 3.07. The molecule has 0 bridgehead atoms. The first kappa shape index (κ1) is 17.6. The topological polar surface area (TPSA) is 70.3 Å². The normalized spacial score (nSPS) is 18.2. The number of aliphatic imine (C=N–C) groups is 1. The predicted molar refractivity (Wildman–Crippen MR) is 118 cm³/mol. The Hall–Kier alpha value is -3.25. The molecule has 1 spiro atoms. The van der Waals surface area contributed by atoms with Gasteiger partial charge in [-0.05, 0) is 57.2 Å². The molecule has 1 N–H and O–H groups in total. The van der Waals surface area contributed by atoms with E-state index in [0.717, 1.165) is 54.8 Å². The van der Waals surface area contributed by atoms with E-state index in [2.05, 4.69) is 28.0 Å². The number of H-pyrrole nitrogens is 1. The fourth-order valence-corrected chi connectivity index (χ4v) is 4.72. The number of hydrogen-bond acceptors (Lipinski definition) is 5. The second-order valence-corrected chi connectivity index (χ2v) is 8.48. The average molecular weight is 397 g/mol. The van der Waals surface area contributed by atoms with Crippen LogP contribution in [-0.2, 0) is 5.41 Å². The molecular formula is C24H23N5O. The van der Waals surface area contributed by atoms with Gasteiger partial charge in [0.05, 0.1) is 17.9 Å². The molecule has 0 amide bonds. The van der Waals surface area contributed by atoms with Crippen molar-refractivity contribution in [3.63, 3.8) is 0 Å². The molecule has 1 aromatic carbocycles. The summed E-state index contributed by atoms with van der Waals surface area (Å²) in [7, 11) is 2.19. The Morgan fingerprint density at radius 1 is 1.10 bits per heavy atom. The molecule has 150 valence electrons. The Kier molecular flexibility index (Phi) is 3.89. The third kappa shape index (κ3) is 2.79. The van der Waals surface area contributed by atoms with Crippen LogP contribution < -0.4 is 0 Å². The first-order chi connectivity index (χ1) is 14.7. The van der Waals surface area contributed by atoms with E-state index in [1.807, 2.05) is 42.6 Å². The molecular weight excluding hydrogens is 374 g/mol. The number of benzene rings is 1. The largest absolute Gasteiger partial charge is 0.453 e. The number of fused-ring (bicyclic) bond motifs is 3. The third-order valence-electron chi connectivity index (χ3n) is 6.52. The monoisotopic (exact) mass is 397 g/mol. The lowest BCUT2D eigenvalue weighted by Gasteiger charge is -2.41. The zero-order valence-corrected chi connectivity index (χ0v) is 16.9. The molecule has 4 aromatic rings. The van der Waals surface area contributed by atoms with Crippen molar-refractivity contribution in [3.8, 4) is 23.0 Å². The summed E-state index contributed by atoms with van der Waals surface area (Å²) in [6, 6.07) is 14.1. The summed E-state index contributed by atoms with van der Waals surface area (Å²) in [5.74, 6) is 1.28. The standard InChI is InChI=1S/C24H23N5O/c1-29-10-7-24(8-11-29)15-25-14-17-12-19(27-22(17)24)18-6-9-26-23(28-18)21-13-16-4-2-3-5-20(16)30-21/h2-6,9,12-14,27H,7-8,10-11,15H2,1H3. The van der Waals surface area contributed by atoms with Crippen molar-refractivity contribution in [3.05, 3.63) is 59.9 Å². The summed E-state index contributed by atoms with van der Waals surface area (Å²) in [4.78, 5) is 20.1. The zero-order valence-electron chi connectivity index (χ0n) is 16.9. The van der Waals surface area contributed by atoms with Gasteiger partial charge in [0, 0.05) is 34.5 Å². The van der Waals surface area contributed by atoms with Gasteiger partial charge in [-0.2, -0.15) is 0 Å². The van der Waals surface area contributed by atoms with Crippen molar-refractivity contribution in [2.75, 3.05) is 26.7 Å². The van der Waals surface area contributed by atoms with Crippen LogP contribution in [0, 0.1) is 0 Å². The summed E-state index contributed by atoms with van der Waals surface area (Å²) in [5.41, 5.74) is 5.33. The minimum absolute atomic E-state index is 0.115. The van der Waals surface area contributed by atoms with Gasteiger partial charge in [-0.3, -0.25) is 4.99 Å². The highest BCUT2D eigenvalue weighted by molar-refractivity contribution is 5.86. The maximum absolute atomic E-state index is 5.97. The summed E-state index contributed by atoms with van der Waals surface area (Å²) < 4.78 is 5.97. The minimum Gasteiger partial charge on any atom is -0.453 e. The van der Waals surface area contributed by atoms with Crippen molar-refractivity contribution in [1.82, 2.24) is 19.9 Å². The second-order valence-electron chi connectivity index (χ2n) is 8.48. The van der Waals surface area contributed by atoms with E-state index in [0.29, 0.717) is 11.6 Å². The minimum atomic E-state index is 0.115. The van der Waals surface area contributed by atoms with Crippen molar-refractivity contribution in [2.45, 2.75) is 18.3 Å². The molecule has 3 aromatic heterocycles. The van der Waals surface area contributed by atoms with E-state index in [-0.39, 0.29) is 5.41 Å². The van der Waals surface area contributed by atoms with Gasteiger partial charge in [0.2, 0.25) is 0 Å². The van der Waals surface area contributed by atoms with E-state index < -0.39 is 0 Å². The van der Waals surface area contributed by atoms with E-state index in [9.17, 15) is 0 Å². The molecule has 6 nitrogen and oxygen atoms in total. The number of aromatic nitrogens is 3. The van der Waals surface area contributed by atoms with Gasteiger partial charge in [-0.25, -0.2) is 9.97 Å². The van der Waals surface area contributed by atoms with Crippen molar-refractivity contribution in [2.24, 2.45) is 4.99 Å². The van der Waals surface area contributed by atoms with E-state index >= 15 is 0 Å². The van der Waals surface area contributed by atoms with E-state index in [4.69, 9.17) is 14.4 Å². The highest BCUT2D eigenvalue weighted by atomic mass is 16.3. The van der Waals surface area contributed by atoms with Gasteiger partial charge in [0.1, 0.15) is 5.58 Å². The van der Waals surface area contributed by atoms with E-state index in [1.54, 1.807) is 6.20 Å². The number of piperidine rings is 1. The highest BCUT2D eigenvalue weighted by Crippen LogP contribution is 2.40. The van der Waals surface area contributed by atoms with Gasteiger partial charge in [0.25, 0.3) is 0 Å². The fraction of sp³-hybridized carbons (Fsp3) is 0.292. The Labute approximate surface area is 174 Å². The van der Waals surface area contributed by atoms with Crippen molar-refractivity contribution in [1.29, 1.82) is 0 Å². The molecule has 1 saturated heterocycles. The Morgan fingerprint density at radius 3 is 2.83 bits per heavy atom. The van der Waals surface area contributed by atoms with Gasteiger partial charge in [-0.15, -0.1) is 0 Å². The summed E-state index contributed by atoms with van der Waals surface area (Å²) in [5, 5.41) is 1.05.